The van der Waals surface area contributed by atoms with Gasteiger partial charge in [-0.25, -0.2) is 4.98 Å². The highest BCUT2D eigenvalue weighted by Gasteiger charge is 2.27. The number of carbonyl (C=O) groups is 2. The van der Waals surface area contributed by atoms with Crippen LogP contribution >= 0.6 is 11.3 Å². The maximum atomic E-state index is 12.5. The Hall–Kier alpha value is -2.22. The molecule has 1 aliphatic rings. The van der Waals surface area contributed by atoms with E-state index in [1.54, 1.807) is 21.2 Å². The number of piperidine rings is 1. The van der Waals surface area contributed by atoms with Crippen LogP contribution in [0.15, 0.2) is 17.8 Å². The summed E-state index contributed by atoms with van der Waals surface area (Å²) in [6.07, 6.45) is 4.85. The van der Waals surface area contributed by atoms with Crippen molar-refractivity contribution < 1.29 is 9.59 Å². The van der Waals surface area contributed by atoms with Crippen LogP contribution in [0.3, 0.4) is 0 Å². The summed E-state index contributed by atoms with van der Waals surface area (Å²) in [7, 11) is 1.84. The van der Waals surface area contributed by atoms with Crippen LogP contribution in [0.1, 0.15) is 23.3 Å². The zero-order valence-corrected chi connectivity index (χ0v) is 13.0. The molecule has 1 aliphatic heterocycles. The second-order valence-electron chi connectivity index (χ2n) is 5.41. The number of primary amides is 1. The molecule has 2 aromatic rings. The second-order valence-corrected chi connectivity index (χ2v) is 6.27. The molecule has 22 heavy (non-hydrogen) atoms. The molecule has 2 N–H and O–H groups in total. The molecule has 116 valence electrons. The number of rotatable bonds is 3. The summed E-state index contributed by atoms with van der Waals surface area (Å²) in [5.41, 5.74) is 6.66. The first kappa shape index (κ1) is 14.7. The normalized spacial score (nSPS) is 16.0. The molecule has 2 amide bonds. The quantitative estimate of drug-likeness (QED) is 0.908. The van der Waals surface area contributed by atoms with E-state index < -0.39 is 0 Å². The molecule has 0 atom stereocenters. The summed E-state index contributed by atoms with van der Waals surface area (Å²) in [6, 6.07) is 0. The largest absolute Gasteiger partial charge is 0.369 e. The fourth-order valence-corrected chi connectivity index (χ4v) is 3.33. The summed E-state index contributed by atoms with van der Waals surface area (Å²) < 4.78 is 1.70. The van der Waals surface area contributed by atoms with Crippen molar-refractivity contribution in [3.63, 3.8) is 0 Å². The van der Waals surface area contributed by atoms with Gasteiger partial charge in [0.2, 0.25) is 5.91 Å². The number of nitrogens with zero attached hydrogens (tertiary/aromatic N) is 4. The number of amides is 2. The molecule has 3 heterocycles. The van der Waals surface area contributed by atoms with Gasteiger partial charge in [0.1, 0.15) is 10.7 Å². The zero-order chi connectivity index (χ0) is 15.7. The van der Waals surface area contributed by atoms with Crippen LogP contribution in [0.5, 0.6) is 0 Å². The Morgan fingerprint density at radius 1 is 1.36 bits per heavy atom. The number of nitrogens with two attached hydrogens (primary N) is 1. The molecule has 0 aromatic carbocycles. The molecule has 7 nitrogen and oxygen atoms in total. The number of aryl methyl sites for hydroxylation is 1. The third kappa shape index (κ3) is 2.87. The van der Waals surface area contributed by atoms with Crippen molar-refractivity contribution in [2.75, 3.05) is 13.1 Å². The fraction of sp³-hybridized carbons (Fsp3) is 0.429. The Morgan fingerprint density at radius 3 is 2.68 bits per heavy atom. The van der Waals surface area contributed by atoms with E-state index >= 15 is 0 Å². The van der Waals surface area contributed by atoms with Gasteiger partial charge in [-0.3, -0.25) is 14.3 Å². The topological polar surface area (TPSA) is 94.1 Å². The summed E-state index contributed by atoms with van der Waals surface area (Å²) in [4.78, 5) is 29.8. The van der Waals surface area contributed by atoms with Crippen LogP contribution in [0.2, 0.25) is 0 Å². The Bertz CT molecular complexity index is 700. The number of likely N-dealkylation sites (tertiary alicyclic amines) is 1. The van der Waals surface area contributed by atoms with Gasteiger partial charge >= 0.3 is 0 Å². The van der Waals surface area contributed by atoms with Crippen molar-refractivity contribution in [1.29, 1.82) is 0 Å². The van der Waals surface area contributed by atoms with Crippen molar-refractivity contribution in [3.8, 4) is 10.6 Å². The minimum Gasteiger partial charge on any atom is -0.369 e. The Morgan fingerprint density at radius 2 is 2.09 bits per heavy atom. The molecular formula is C14H17N5O2S. The number of aromatic nitrogens is 3. The number of hydrogen-bond acceptors (Lipinski definition) is 5. The highest BCUT2D eigenvalue weighted by atomic mass is 32.1. The average Bonchev–Trinajstić information content (AvgIpc) is 3.15. The summed E-state index contributed by atoms with van der Waals surface area (Å²) in [5, 5.41) is 6.66. The molecule has 0 aliphatic carbocycles. The second kappa shape index (κ2) is 5.88. The van der Waals surface area contributed by atoms with Crippen molar-refractivity contribution in [2.24, 2.45) is 18.7 Å². The van der Waals surface area contributed by atoms with E-state index in [1.807, 2.05) is 13.2 Å². The molecule has 2 aromatic heterocycles. The maximum Gasteiger partial charge on any atom is 0.273 e. The van der Waals surface area contributed by atoms with Gasteiger partial charge in [0.15, 0.2) is 0 Å². The van der Waals surface area contributed by atoms with Gasteiger partial charge in [0.25, 0.3) is 5.91 Å². The molecule has 8 heteroatoms. The molecule has 0 spiro atoms. The number of thiazole rings is 1. The third-order valence-electron chi connectivity index (χ3n) is 3.86. The smallest absolute Gasteiger partial charge is 0.273 e. The Kier molecular flexibility index (Phi) is 3.93. The van der Waals surface area contributed by atoms with Gasteiger partial charge in [-0.05, 0) is 12.8 Å². The van der Waals surface area contributed by atoms with Gasteiger partial charge in [0, 0.05) is 43.2 Å². The van der Waals surface area contributed by atoms with Crippen LogP contribution in [0.4, 0.5) is 0 Å². The van der Waals surface area contributed by atoms with E-state index in [0.29, 0.717) is 31.6 Å². The summed E-state index contributed by atoms with van der Waals surface area (Å²) >= 11 is 1.43. The predicted molar refractivity (Wildman–Crippen MR) is 82.1 cm³/mol. The van der Waals surface area contributed by atoms with Gasteiger partial charge in [-0.2, -0.15) is 5.10 Å². The molecule has 0 radical (unpaired) electrons. The first-order valence-corrected chi connectivity index (χ1v) is 7.95. The Balaban J connectivity index is 1.69. The minimum absolute atomic E-state index is 0.0886. The van der Waals surface area contributed by atoms with Crippen LogP contribution < -0.4 is 5.73 Å². The van der Waals surface area contributed by atoms with Crippen molar-refractivity contribution in [1.82, 2.24) is 19.7 Å². The predicted octanol–water partition coefficient (Wildman–Crippen LogP) is 0.881. The van der Waals surface area contributed by atoms with Gasteiger partial charge in [0.05, 0.1) is 6.20 Å². The SMILES string of the molecule is Cn1cc(-c2nc(C(=O)N3CCC(C(N)=O)CC3)cs2)cn1. The molecule has 0 saturated carbocycles. The van der Waals surface area contributed by atoms with E-state index in [2.05, 4.69) is 10.1 Å². The van der Waals surface area contributed by atoms with Gasteiger partial charge in [-0.1, -0.05) is 0 Å². The first-order valence-electron chi connectivity index (χ1n) is 7.07. The molecular weight excluding hydrogens is 302 g/mol. The number of hydrogen-bond donors (Lipinski definition) is 1. The first-order chi connectivity index (χ1) is 10.5. The standard InChI is InChI=1S/C14H17N5O2S/c1-18-7-10(6-16-18)13-17-11(8-22-13)14(21)19-4-2-9(3-5-19)12(15)20/h6-9H,2-5H2,1H3,(H2,15,20). The maximum absolute atomic E-state index is 12.5. The van der Waals surface area contributed by atoms with E-state index in [9.17, 15) is 9.59 Å². The zero-order valence-electron chi connectivity index (χ0n) is 12.2. The monoisotopic (exact) mass is 319 g/mol. The van der Waals surface area contributed by atoms with Crippen molar-refractivity contribution in [3.05, 3.63) is 23.5 Å². The van der Waals surface area contributed by atoms with Crippen LogP contribution in [0, 0.1) is 5.92 Å². The lowest BCUT2D eigenvalue weighted by Crippen LogP contribution is -2.41. The summed E-state index contributed by atoms with van der Waals surface area (Å²) in [6.45, 7) is 1.10. The molecule has 3 rings (SSSR count). The molecule has 1 fully saturated rings. The molecule has 0 bridgehead atoms. The van der Waals surface area contributed by atoms with E-state index in [4.69, 9.17) is 5.73 Å². The molecule has 0 unspecified atom stereocenters. The van der Waals surface area contributed by atoms with Gasteiger partial charge in [-0.15, -0.1) is 11.3 Å². The lowest BCUT2D eigenvalue weighted by molar-refractivity contribution is -0.123. The minimum atomic E-state index is -0.278. The lowest BCUT2D eigenvalue weighted by Gasteiger charge is -2.30. The average molecular weight is 319 g/mol. The molecule has 1 saturated heterocycles. The highest BCUT2D eigenvalue weighted by Crippen LogP contribution is 2.25. The highest BCUT2D eigenvalue weighted by molar-refractivity contribution is 7.13. The summed E-state index contributed by atoms with van der Waals surface area (Å²) in [5.74, 6) is -0.487. The Labute approximate surface area is 131 Å². The van der Waals surface area contributed by atoms with E-state index in [-0.39, 0.29) is 17.7 Å². The lowest BCUT2D eigenvalue weighted by atomic mass is 9.96. The van der Waals surface area contributed by atoms with E-state index in [1.165, 1.54) is 11.3 Å². The van der Waals surface area contributed by atoms with Crippen LogP contribution in [-0.4, -0.2) is 44.6 Å². The van der Waals surface area contributed by atoms with Crippen molar-refractivity contribution >= 4 is 23.2 Å². The van der Waals surface area contributed by atoms with Crippen molar-refractivity contribution in [2.45, 2.75) is 12.8 Å². The van der Waals surface area contributed by atoms with E-state index in [0.717, 1.165) is 10.6 Å². The fourth-order valence-electron chi connectivity index (χ4n) is 2.57. The van der Waals surface area contributed by atoms with Gasteiger partial charge < -0.3 is 10.6 Å². The van der Waals surface area contributed by atoms with Crippen LogP contribution in [-0.2, 0) is 11.8 Å². The van der Waals surface area contributed by atoms with Crippen LogP contribution in [0.25, 0.3) is 10.6 Å². The number of carbonyl (C=O) groups excluding carboxylic acids is 2. The third-order valence-corrected chi connectivity index (χ3v) is 4.75.